The Kier molecular flexibility index (Phi) is 4.08. The van der Waals surface area contributed by atoms with Crippen molar-refractivity contribution in [3.05, 3.63) is 22.7 Å². The molecule has 1 heterocycles. The summed E-state index contributed by atoms with van der Waals surface area (Å²) in [5.41, 5.74) is 2.01. The van der Waals surface area contributed by atoms with Crippen molar-refractivity contribution in [2.45, 2.75) is 20.8 Å². The lowest BCUT2D eigenvalue weighted by atomic mass is 10.2. The van der Waals surface area contributed by atoms with E-state index in [0.29, 0.717) is 6.61 Å². The Morgan fingerprint density at radius 2 is 2.07 bits per heavy atom. The second kappa shape index (κ2) is 5.11. The monoisotopic (exact) mass is 213 g/mol. The minimum Gasteiger partial charge on any atom is -0.490 e. The van der Waals surface area contributed by atoms with Crippen LogP contribution in [0.1, 0.15) is 19.4 Å². The number of nitrogens with one attached hydrogen (secondary N) is 1. The molecule has 14 heavy (non-hydrogen) atoms. The molecule has 0 spiro atoms. The number of ether oxygens (including phenoxy) is 1. The molecule has 0 aliphatic carbocycles. The summed E-state index contributed by atoms with van der Waals surface area (Å²) in [5.74, 6) is 0.858. The normalized spacial score (nSPS) is 12.9. The van der Waals surface area contributed by atoms with E-state index in [9.17, 15) is 0 Å². The Bertz CT molecular complexity index is 312. The molecular formula is C11H16ClNO. The van der Waals surface area contributed by atoms with Crippen LogP contribution in [0.15, 0.2) is 12.1 Å². The van der Waals surface area contributed by atoms with Gasteiger partial charge in [-0.1, -0.05) is 31.5 Å². The molecule has 0 atom stereocenters. The first-order chi connectivity index (χ1) is 6.79. The number of rotatable bonds is 0. The van der Waals surface area contributed by atoms with E-state index in [2.05, 4.69) is 5.32 Å². The summed E-state index contributed by atoms with van der Waals surface area (Å²) in [5, 5.41) is 3.99. The zero-order chi connectivity index (χ0) is 10.6. The number of hydrogen-bond acceptors (Lipinski definition) is 2. The standard InChI is InChI=1S/C9H10ClNO.C2H6/c1-6-2-3-7-9(8(6)10)11-4-5-12-7;1-2/h2-3,11H,4-5H2,1H3;1-2H3. The number of hydrogen-bond donors (Lipinski definition) is 1. The number of anilines is 1. The summed E-state index contributed by atoms with van der Waals surface area (Å²) in [4.78, 5) is 0. The Balaban J connectivity index is 0.000000461. The molecule has 0 aromatic heterocycles. The average molecular weight is 214 g/mol. The van der Waals surface area contributed by atoms with Crippen LogP contribution in [-0.4, -0.2) is 13.2 Å². The van der Waals surface area contributed by atoms with Crippen molar-refractivity contribution in [2.24, 2.45) is 0 Å². The highest BCUT2D eigenvalue weighted by atomic mass is 35.5. The molecule has 0 amide bonds. The van der Waals surface area contributed by atoms with E-state index in [1.54, 1.807) is 0 Å². The molecule has 2 nitrogen and oxygen atoms in total. The molecule has 0 saturated carbocycles. The topological polar surface area (TPSA) is 21.3 Å². The maximum absolute atomic E-state index is 6.07. The first kappa shape index (κ1) is 11.2. The number of benzene rings is 1. The van der Waals surface area contributed by atoms with E-state index >= 15 is 0 Å². The van der Waals surface area contributed by atoms with Crippen LogP contribution in [0.5, 0.6) is 5.75 Å². The molecule has 0 unspecified atom stereocenters. The zero-order valence-electron chi connectivity index (χ0n) is 8.86. The van der Waals surface area contributed by atoms with Crippen LogP contribution in [-0.2, 0) is 0 Å². The summed E-state index contributed by atoms with van der Waals surface area (Å²) in [6, 6.07) is 3.91. The zero-order valence-corrected chi connectivity index (χ0v) is 9.61. The molecule has 0 saturated heterocycles. The van der Waals surface area contributed by atoms with Gasteiger partial charge >= 0.3 is 0 Å². The van der Waals surface area contributed by atoms with Crippen LogP contribution >= 0.6 is 11.6 Å². The van der Waals surface area contributed by atoms with Gasteiger partial charge in [0.15, 0.2) is 0 Å². The van der Waals surface area contributed by atoms with Gasteiger partial charge in [0.05, 0.1) is 10.7 Å². The van der Waals surface area contributed by atoms with Crippen molar-refractivity contribution >= 4 is 17.3 Å². The first-order valence-corrected chi connectivity index (χ1v) is 5.32. The van der Waals surface area contributed by atoms with Crippen molar-refractivity contribution in [1.29, 1.82) is 0 Å². The highest BCUT2D eigenvalue weighted by Gasteiger charge is 2.13. The number of aryl methyl sites for hydroxylation is 1. The molecule has 1 aliphatic heterocycles. The summed E-state index contributed by atoms with van der Waals surface area (Å²) in [7, 11) is 0. The molecular weight excluding hydrogens is 198 g/mol. The van der Waals surface area contributed by atoms with E-state index in [0.717, 1.165) is 28.6 Å². The van der Waals surface area contributed by atoms with Gasteiger partial charge in [0.1, 0.15) is 12.4 Å². The molecule has 0 radical (unpaired) electrons. The van der Waals surface area contributed by atoms with Gasteiger partial charge in [-0.3, -0.25) is 0 Å². The predicted octanol–water partition coefficient (Wildman–Crippen LogP) is 3.48. The summed E-state index contributed by atoms with van der Waals surface area (Å²) in [6.07, 6.45) is 0. The molecule has 3 heteroatoms. The highest BCUT2D eigenvalue weighted by Crippen LogP contribution is 2.36. The van der Waals surface area contributed by atoms with E-state index in [1.807, 2.05) is 32.9 Å². The second-order valence-corrected chi connectivity index (χ2v) is 3.22. The average Bonchev–Trinajstić information content (AvgIpc) is 2.27. The fraction of sp³-hybridized carbons (Fsp3) is 0.455. The Hall–Kier alpha value is -0.890. The van der Waals surface area contributed by atoms with Crippen molar-refractivity contribution in [3.8, 4) is 5.75 Å². The predicted molar refractivity (Wildman–Crippen MR) is 61.5 cm³/mol. The fourth-order valence-corrected chi connectivity index (χ4v) is 1.51. The Morgan fingerprint density at radius 1 is 1.36 bits per heavy atom. The lowest BCUT2D eigenvalue weighted by Crippen LogP contribution is -2.18. The molecule has 1 N–H and O–H groups in total. The summed E-state index contributed by atoms with van der Waals surface area (Å²) < 4.78 is 5.41. The first-order valence-electron chi connectivity index (χ1n) is 4.95. The van der Waals surface area contributed by atoms with Crippen LogP contribution in [0, 0.1) is 6.92 Å². The van der Waals surface area contributed by atoms with E-state index in [-0.39, 0.29) is 0 Å². The van der Waals surface area contributed by atoms with Gasteiger partial charge in [0.2, 0.25) is 0 Å². The lowest BCUT2D eigenvalue weighted by Gasteiger charge is -2.20. The highest BCUT2D eigenvalue weighted by molar-refractivity contribution is 6.34. The van der Waals surface area contributed by atoms with Gasteiger partial charge in [-0.25, -0.2) is 0 Å². The third kappa shape index (κ3) is 2.13. The van der Waals surface area contributed by atoms with Gasteiger partial charge in [-0.2, -0.15) is 0 Å². The quantitative estimate of drug-likeness (QED) is 0.713. The van der Waals surface area contributed by atoms with E-state index in [1.165, 1.54) is 0 Å². The van der Waals surface area contributed by atoms with Crippen molar-refractivity contribution in [3.63, 3.8) is 0 Å². The van der Waals surface area contributed by atoms with Crippen LogP contribution in [0.4, 0.5) is 5.69 Å². The maximum Gasteiger partial charge on any atom is 0.144 e. The SMILES string of the molecule is CC.Cc1ccc2c(c1Cl)NCCO2. The fourth-order valence-electron chi connectivity index (χ4n) is 1.28. The van der Waals surface area contributed by atoms with Crippen LogP contribution in [0.3, 0.4) is 0 Å². The molecule has 1 aromatic carbocycles. The van der Waals surface area contributed by atoms with Gasteiger partial charge in [-0.15, -0.1) is 0 Å². The van der Waals surface area contributed by atoms with E-state index < -0.39 is 0 Å². The minimum absolute atomic E-state index is 0.715. The van der Waals surface area contributed by atoms with Gasteiger partial charge in [-0.05, 0) is 18.6 Å². The number of halogens is 1. The smallest absolute Gasteiger partial charge is 0.144 e. The Labute approximate surface area is 90.2 Å². The Morgan fingerprint density at radius 3 is 2.79 bits per heavy atom. The van der Waals surface area contributed by atoms with Crippen molar-refractivity contribution < 1.29 is 4.74 Å². The molecule has 1 aliphatic rings. The van der Waals surface area contributed by atoms with Gasteiger partial charge in [0.25, 0.3) is 0 Å². The second-order valence-electron chi connectivity index (χ2n) is 2.84. The molecule has 78 valence electrons. The third-order valence-corrected chi connectivity index (χ3v) is 2.45. The third-order valence-electron chi connectivity index (χ3n) is 1.96. The molecule has 2 rings (SSSR count). The van der Waals surface area contributed by atoms with Crippen molar-refractivity contribution in [1.82, 2.24) is 0 Å². The van der Waals surface area contributed by atoms with Crippen LogP contribution in [0.25, 0.3) is 0 Å². The summed E-state index contributed by atoms with van der Waals surface area (Å²) in [6.45, 7) is 7.53. The minimum atomic E-state index is 0.715. The molecule has 0 fully saturated rings. The number of fused-ring (bicyclic) bond motifs is 1. The van der Waals surface area contributed by atoms with Gasteiger partial charge in [0, 0.05) is 6.54 Å². The molecule has 1 aromatic rings. The largest absolute Gasteiger partial charge is 0.490 e. The maximum atomic E-state index is 6.07. The van der Waals surface area contributed by atoms with Crippen molar-refractivity contribution in [2.75, 3.05) is 18.5 Å². The lowest BCUT2D eigenvalue weighted by molar-refractivity contribution is 0.323. The van der Waals surface area contributed by atoms with Gasteiger partial charge < -0.3 is 10.1 Å². The van der Waals surface area contributed by atoms with Crippen LogP contribution < -0.4 is 10.1 Å². The van der Waals surface area contributed by atoms with Crippen LogP contribution in [0.2, 0.25) is 5.02 Å². The summed E-state index contributed by atoms with van der Waals surface area (Å²) >= 11 is 6.07. The van der Waals surface area contributed by atoms with E-state index in [4.69, 9.17) is 16.3 Å². The molecule has 0 bridgehead atoms.